The molecule has 0 amide bonds. The van der Waals surface area contributed by atoms with Gasteiger partial charge in [0.1, 0.15) is 0 Å². The lowest BCUT2D eigenvalue weighted by Crippen LogP contribution is -2.25. The molecule has 0 atom stereocenters. The van der Waals surface area contributed by atoms with Crippen molar-refractivity contribution in [1.29, 1.82) is 0 Å². The van der Waals surface area contributed by atoms with E-state index in [9.17, 15) is 21.6 Å². The van der Waals surface area contributed by atoms with Gasteiger partial charge in [0.2, 0.25) is 0 Å². The van der Waals surface area contributed by atoms with Gasteiger partial charge < -0.3 is 16.8 Å². The quantitative estimate of drug-likeness (QED) is 0.229. The van der Waals surface area contributed by atoms with Crippen LogP contribution in [0.5, 0.6) is 0 Å². The molecule has 1 aromatic heterocycles. The van der Waals surface area contributed by atoms with Gasteiger partial charge in [-0.2, -0.15) is 13.2 Å². The first-order valence-corrected chi connectivity index (χ1v) is 10.9. The van der Waals surface area contributed by atoms with E-state index in [1.807, 2.05) is 0 Å². The summed E-state index contributed by atoms with van der Waals surface area (Å²) in [5.41, 5.74) is 10.9. The van der Waals surface area contributed by atoms with Crippen LogP contribution in [0.3, 0.4) is 0 Å². The predicted molar refractivity (Wildman–Crippen MR) is 116 cm³/mol. The van der Waals surface area contributed by atoms with Crippen LogP contribution >= 0.6 is 0 Å². The Kier molecular flexibility index (Phi) is 6.84. The van der Waals surface area contributed by atoms with Crippen LogP contribution in [0.4, 0.5) is 18.9 Å². The molecule has 6 N–H and O–H groups in total. The lowest BCUT2D eigenvalue weighted by Gasteiger charge is -2.12. The van der Waals surface area contributed by atoms with E-state index in [2.05, 4.69) is 20.0 Å². The standard InChI is InChI=1S/C20H21F3N6O2S/c21-20(22,23)14-5-8-16(9-6-14)32(30,31)29-17-3-1-2-13-4-7-15(28-18(13)17)12-26-10-11-27-19(24)25/h1-9,26,29H,10-12H2,(H4,24,25,27). The number of aliphatic imine (C=N–C) groups is 1. The van der Waals surface area contributed by atoms with Gasteiger partial charge in [-0.15, -0.1) is 0 Å². The summed E-state index contributed by atoms with van der Waals surface area (Å²) < 4.78 is 66.1. The summed E-state index contributed by atoms with van der Waals surface area (Å²) >= 11 is 0. The van der Waals surface area contributed by atoms with E-state index in [0.29, 0.717) is 36.2 Å². The zero-order valence-electron chi connectivity index (χ0n) is 16.7. The van der Waals surface area contributed by atoms with Gasteiger partial charge in [-0.05, 0) is 36.4 Å². The Balaban J connectivity index is 1.81. The summed E-state index contributed by atoms with van der Waals surface area (Å²) in [5, 5.41) is 3.82. The molecule has 3 aromatic rings. The number of nitrogens with two attached hydrogens (primary N) is 2. The number of alkyl halides is 3. The SMILES string of the molecule is NC(N)=NCCNCc1ccc2cccc(NS(=O)(=O)c3ccc(C(F)(F)F)cc3)c2n1. The molecule has 170 valence electrons. The molecule has 1 heterocycles. The molecular formula is C20H21F3N6O2S. The van der Waals surface area contributed by atoms with Crippen molar-refractivity contribution in [1.82, 2.24) is 10.3 Å². The highest BCUT2D eigenvalue weighted by Gasteiger charge is 2.30. The Morgan fingerprint density at radius 1 is 1.03 bits per heavy atom. The summed E-state index contributed by atoms with van der Waals surface area (Å²) in [6.45, 7) is 1.31. The first-order valence-electron chi connectivity index (χ1n) is 9.41. The van der Waals surface area contributed by atoms with Crippen LogP contribution in [0, 0.1) is 0 Å². The minimum absolute atomic E-state index is 0.000557. The van der Waals surface area contributed by atoms with Gasteiger partial charge in [0.25, 0.3) is 10.0 Å². The summed E-state index contributed by atoms with van der Waals surface area (Å²) in [4.78, 5) is 8.08. The lowest BCUT2D eigenvalue weighted by molar-refractivity contribution is -0.137. The van der Waals surface area contributed by atoms with Crippen LogP contribution in [-0.2, 0) is 22.7 Å². The maximum atomic E-state index is 12.7. The topological polar surface area (TPSA) is 135 Å². The fourth-order valence-corrected chi connectivity index (χ4v) is 3.94. The molecule has 0 saturated heterocycles. The van der Waals surface area contributed by atoms with Crippen LogP contribution in [0.2, 0.25) is 0 Å². The summed E-state index contributed by atoms with van der Waals surface area (Å²) in [7, 11) is -4.12. The van der Waals surface area contributed by atoms with Gasteiger partial charge in [-0.3, -0.25) is 9.71 Å². The van der Waals surface area contributed by atoms with E-state index in [1.54, 1.807) is 24.3 Å². The molecule has 0 saturated carbocycles. The van der Waals surface area contributed by atoms with Gasteiger partial charge in [0, 0.05) is 18.5 Å². The maximum absolute atomic E-state index is 12.7. The zero-order chi connectivity index (χ0) is 23.4. The van der Waals surface area contributed by atoms with E-state index < -0.39 is 21.8 Å². The van der Waals surface area contributed by atoms with E-state index in [4.69, 9.17) is 11.5 Å². The number of nitrogens with one attached hydrogen (secondary N) is 2. The zero-order valence-corrected chi connectivity index (χ0v) is 17.5. The highest BCUT2D eigenvalue weighted by Crippen LogP contribution is 2.30. The minimum Gasteiger partial charge on any atom is -0.370 e. The number of guanidine groups is 1. The summed E-state index contributed by atoms with van der Waals surface area (Å²) in [6, 6.07) is 11.8. The maximum Gasteiger partial charge on any atom is 0.416 e. The molecule has 0 aliphatic rings. The van der Waals surface area contributed by atoms with Crippen molar-refractivity contribution in [3.8, 4) is 0 Å². The summed E-state index contributed by atoms with van der Waals surface area (Å²) in [6.07, 6.45) is -4.55. The molecule has 32 heavy (non-hydrogen) atoms. The van der Waals surface area contributed by atoms with Gasteiger partial charge in [0.15, 0.2) is 5.96 Å². The van der Waals surface area contributed by atoms with Crippen LogP contribution in [0.1, 0.15) is 11.3 Å². The highest BCUT2D eigenvalue weighted by molar-refractivity contribution is 7.92. The molecule has 0 aliphatic carbocycles. The molecule has 12 heteroatoms. The Hall–Kier alpha value is -3.38. The van der Waals surface area contributed by atoms with Crippen molar-refractivity contribution in [2.75, 3.05) is 17.8 Å². The number of nitrogens with zero attached hydrogens (tertiary/aromatic N) is 2. The van der Waals surface area contributed by atoms with Crippen LogP contribution < -0.4 is 21.5 Å². The minimum atomic E-state index is -4.55. The number of sulfonamides is 1. The molecule has 0 fully saturated rings. The van der Waals surface area contributed by atoms with Gasteiger partial charge in [-0.1, -0.05) is 18.2 Å². The number of benzene rings is 2. The highest BCUT2D eigenvalue weighted by atomic mass is 32.2. The molecule has 0 spiro atoms. The molecular weight excluding hydrogens is 445 g/mol. The van der Waals surface area contributed by atoms with Gasteiger partial charge in [-0.25, -0.2) is 13.4 Å². The Labute approximate surface area is 182 Å². The fraction of sp³-hybridized carbons (Fsp3) is 0.200. The number of hydrogen-bond acceptors (Lipinski definition) is 5. The molecule has 2 aromatic carbocycles. The van der Waals surface area contributed by atoms with Crippen molar-refractivity contribution < 1.29 is 21.6 Å². The number of anilines is 1. The molecule has 0 aliphatic heterocycles. The monoisotopic (exact) mass is 466 g/mol. The largest absolute Gasteiger partial charge is 0.416 e. The average Bonchev–Trinajstić information content (AvgIpc) is 2.73. The van der Waals surface area contributed by atoms with Crippen molar-refractivity contribution in [3.05, 3.63) is 65.9 Å². The van der Waals surface area contributed by atoms with Crippen molar-refractivity contribution in [2.45, 2.75) is 17.6 Å². The number of fused-ring (bicyclic) bond motifs is 1. The third kappa shape index (κ3) is 5.86. The number of aromatic nitrogens is 1. The number of hydrogen-bond donors (Lipinski definition) is 4. The van der Waals surface area contributed by atoms with Crippen molar-refractivity contribution >= 4 is 32.6 Å². The molecule has 0 bridgehead atoms. The van der Waals surface area contributed by atoms with Gasteiger partial charge in [0.05, 0.1) is 33.9 Å². The van der Waals surface area contributed by atoms with Crippen LogP contribution in [-0.4, -0.2) is 32.5 Å². The number of pyridine rings is 1. The number of rotatable bonds is 8. The second-order valence-electron chi connectivity index (χ2n) is 6.79. The predicted octanol–water partition coefficient (Wildman–Crippen LogP) is 2.42. The van der Waals surface area contributed by atoms with E-state index >= 15 is 0 Å². The van der Waals surface area contributed by atoms with Crippen molar-refractivity contribution in [3.63, 3.8) is 0 Å². The fourth-order valence-electron chi connectivity index (χ4n) is 2.88. The summed E-state index contributed by atoms with van der Waals surface area (Å²) in [5.74, 6) is 0.000557. The van der Waals surface area contributed by atoms with E-state index in [-0.39, 0.29) is 16.5 Å². The Morgan fingerprint density at radius 3 is 2.41 bits per heavy atom. The van der Waals surface area contributed by atoms with E-state index in [1.165, 1.54) is 6.07 Å². The third-order valence-electron chi connectivity index (χ3n) is 4.40. The van der Waals surface area contributed by atoms with E-state index in [0.717, 1.165) is 24.3 Å². The number of halogens is 3. The average molecular weight is 466 g/mol. The Bertz CT molecular complexity index is 1220. The molecule has 0 radical (unpaired) electrons. The van der Waals surface area contributed by atoms with Crippen molar-refractivity contribution in [2.24, 2.45) is 16.5 Å². The smallest absolute Gasteiger partial charge is 0.370 e. The lowest BCUT2D eigenvalue weighted by atomic mass is 10.2. The number of para-hydroxylation sites is 1. The third-order valence-corrected chi connectivity index (χ3v) is 5.78. The first-order chi connectivity index (χ1) is 15.1. The van der Waals surface area contributed by atoms with Gasteiger partial charge >= 0.3 is 6.18 Å². The second-order valence-corrected chi connectivity index (χ2v) is 8.47. The van der Waals surface area contributed by atoms with Crippen LogP contribution in [0.15, 0.2) is 64.5 Å². The normalized spacial score (nSPS) is 12.0. The second kappa shape index (κ2) is 9.40. The first kappa shape index (κ1) is 23.3. The molecule has 8 nitrogen and oxygen atoms in total. The van der Waals surface area contributed by atoms with Crippen LogP contribution in [0.25, 0.3) is 10.9 Å². The Morgan fingerprint density at radius 2 is 1.75 bits per heavy atom. The molecule has 3 rings (SSSR count). The molecule has 0 unspecified atom stereocenters.